The molecule has 0 N–H and O–H groups in total. The lowest BCUT2D eigenvalue weighted by atomic mass is 10.2. The van der Waals surface area contributed by atoms with Crippen LogP contribution in [0.2, 0.25) is 0 Å². The maximum atomic E-state index is 4.20. The number of rotatable bonds is 3. The fraction of sp³-hybridized carbons (Fsp3) is 0.400. The number of aliphatic imine (C=N–C) groups is 1. The summed E-state index contributed by atoms with van der Waals surface area (Å²) in [6, 6.07) is 3.98. The van der Waals surface area contributed by atoms with Crippen molar-refractivity contribution in [2.75, 3.05) is 14.1 Å². The van der Waals surface area contributed by atoms with Crippen LogP contribution in [0.1, 0.15) is 12.5 Å². The highest BCUT2D eigenvalue weighted by Gasteiger charge is 1.90. The Kier molecular flexibility index (Phi) is 3.43. The van der Waals surface area contributed by atoms with Crippen LogP contribution in [0.3, 0.4) is 0 Å². The minimum Gasteiger partial charge on any atom is -0.369 e. The first-order chi connectivity index (χ1) is 6.22. The van der Waals surface area contributed by atoms with Gasteiger partial charge in [-0.25, -0.2) is 9.98 Å². The normalized spacial score (nSPS) is 10.7. The zero-order chi connectivity index (χ0) is 9.68. The fourth-order valence-electron chi connectivity index (χ4n) is 0.877. The lowest BCUT2D eigenvalue weighted by Crippen LogP contribution is -2.07. The number of nitrogens with zero attached hydrogens (tertiary/aromatic N) is 3. The summed E-state index contributed by atoms with van der Waals surface area (Å²) in [6.07, 6.45) is 4.63. The lowest BCUT2D eigenvalue weighted by Gasteiger charge is -2.01. The van der Waals surface area contributed by atoms with Gasteiger partial charge in [0.25, 0.3) is 0 Å². The number of hydrogen-bond donors (Lipinski definition) is 0. The molecule has 3 heteroatoms. The van der Waals surface area contributed by atoms with Crippen LogP contribution in [-0.4, -0.2) is 30.3 Å². The highest BCUT2D eigenvalue weighted by molar-refractivity contribution is 5.58. The highest BCUT2D eigenvalue weighted by Crippen LogP contribution is 2.07. The molecule has 0 fully saturated rings. The van der Waals surface area contributed by atoms with Gasteiger partial charge < -0.3 is 4.90 Å². The van der Waals surface area contributed by atoms with E-state index in [1.807, 2.05) is 31.3 Å². The lowest BCUT2D eigenvalue weighted by molar-refractivity contribution is 0.643. The molecule has 0 atom stereocenters. The summed E-state index contributed by atoms with van der Waals surface area (Å²) in [6.45, 7) is 2.11. The van der Waals surface area contributed by atoms with E-state index in [1.165, 1.54) is 5.56 Å². The van der Waals surface area contributed by atoms with E-state index in [1.54, 1.807) is 6.34 Å². The molecule has 1 aromatic rings. The Balaban J connectivity index is 2.69. The van der Waals surface area contributed by atoms with Gasteiger partial charge in [0.15, 0.2) is 5.82 Å². The van der Waals surface area contributed by atoms with Gasteiger partial charge in [-0.2, -0.15) is 0 Å². The first-order valence-corrected chi connectivity index (χ1v) is 4.38. The van der Waals surface area contributed by atoms with E-state index in [9.17, 15) is 0 Å². The second-order valence-electron chi connectivity index (χ2n) is 3.09. The van der Waals surface area contributed by atoms with Crippen LogP contribution < -0.4 is 0 Å². The standard InChI is InChI=1S/C10H15N3/c1-4-9-5-6-10(11-7-9)12-8-13(2)3/h5-8H,4H2,1-3H3. The summed E-state index contributed by atoms with van der Waals surface area (Å²) in [5.41, 5.74) is 1.24. The summed E-state index contributed by atoms with van der Waals surface area (Å²) in [4.78, 5) is 10.3. The zero-order valence-corrected chi connectivity index (χ0v) is 8.36. The van der Waals surface area contributed by atoms with Gasteiger partial charge in [-0.3, -0.25) is 0 Å². The smallest absolute Gasteiger partial charge is 0.153 e. The quantitative estimate of drug-likeness (QED) is 0.521. The first-order valence-electron chi connectivity index (χ1n) is 4.38. The average Bonchev–Trinajstić information content (AvgIpc) is 2.15. The summed E-state index contributed by atoms with van der Waals surface area (Å²) in [7, 11) is 3.87. The van der Waals surface area contributed by atoms with E-state index in [2.05, 4.69) is 23.0 Å². The largest absolute Gasteiger partial charge is 0.369 e. The molecule has 0 aliphatic heterocycles. The molecular weight excluding hydrogens is 162 g/mol. The summed E-state index contributed by atoms with van der Waals surface area (Å²) in [5, 5.41) is 0. The number of aromatic nitrogens is 1. The minimum atomic E-state index is 0.755. The molecule has 1 aromatic heterocycles. The van der Waals surface area contributed by atoms with Gasteiger partial charge in [-0.15, -0.1) is 0 Å². The van der Waals surface area contributed by atoms with Crippen LogP contribution in [0.15, 0.2) is 23.3 Å². The molecule has 0 aromatic carbocycles. The third-order valence-corrected chi connectivity index (χ3v) is 1.64. The Hall–Kier alpha value is -1.38. The van der Waals surface area contributed by atoms with E-state index in [0.29, 0.717) is 0 Å². The number of hydrogen-bond acceptors (Lipinski definition) is 2. The van der Waals surface area contributed by atoms with Crippen molar-refractivity contribution in [3.63, 3.8) is 0 Å². The zero-order valence-electron chi connectivity index (χ0n) is 8.36. The van der Waals surface area contributed by atoms with E-state index in [4.69, 9.17) is 0 Å². The van der Waals surface area contributed by atoms with E-state index in [-0.39, 0.29) is 0 Å². The summed E-state index contributed by atoms with van der Waals surface area (Å²) in [5.74, 6) is 0.755. The van der Waals surface area contributed by atoms with Gasteiger partial charge in [0.2, 0.25) is 0 Å². The molecule has 70 valence electrons. The molecule has 0 saturated heterocycles. The maximum Gasteiger partial charge on any atom is 0.153 e. The molecule has 0 aliphatic carbocycles. The third kappa shape index (κ3) is 3.23. The number of aryl methyl sites for hydroxylation is 1. The molecule has 0 amide bonds. The Bertz CT molecular complexity index is 275. The minimum absolute atomic E-state index is 0.755. The summed E-state index contributed by atoms with van der Waals surface area (Å²) >= 11 is 0. The molecule has 1 rings (SSSR count). The maximum absolute atomic E-state index is 4.20. The first kappa shape index (κ1) is 9.71. The van der Waals surface area contributed by atoms with Crippen molar-refractivity contribution < 1.29 is 0 Å². The molecule has 3 nitrogen and oxygen atoms in total. The topological polar surface area (TPSA) is 28.5 Å². The van der Waals surface area contributed by atoms with E-state index < -0.39 is 0 Å². The second-order valence-corrected chi connectivity index (χ2v) is 3.09. The predicted molar refractivity (Wildman–Crippen MR) is 55.5 cm³/mol. The van der Waals surface area contributed by atoms with Gasteiger partial charge in [-0.05, 0) is 18.1 Å². The Morgan fingerprint density at radius 3 is 2.69 bits per heavy atom. The van der Waals surface area contributed by atoms with Crippen molar-refractivity contribution >= 4 is 12.2 Å². The highest BCUT2D eigenvalue weighted by atomic mass is 15.1. The molecule has 0 unspecified atom stereocenters. The van der Waals surface area contributed by atoms with E-state index in [0.717, 1.165) is 12.2 Å². The number of pyridine rings is 1. The molecule has 1 heterocycles. The van der Waals surface area contributed by atoms with Gasteiger partial charge in [0, 0.05) is 20.3 Å². The van der Waals surface area contributed by atoms with Crippen molar-refractivity contribution in [2.45, 2.75) is 13.3 Å². The van der Waals surface area contributed by atoms with Crippen LogP contribution in [0, 0.1) is 0 Å². The fourth-order valence-corrected chi connectivity index (χ4v) is 0.877. The Labute approximate surface area is 79.1 Å². The van der Waals surface area contributed by atoms with Gasteiger partial charge in [0.1, 0.15) is 0 Å². The molecule has 0 spiro atoms. The van der Waals surface area contributed by atoms with Crippen molar-refractivity contribution in [2.24, 2.45) is 4.99 Å². The predicted octanol–water partition coefficient (Wildman–Crippen LogP) is 1.87. The van der Waals surface area contributed by atoms with E-state index >= 15 is 0 Å². The monoisotopic (exact) mass is 177 g/mol. The van der Waals surface area contributed by atoms with Gasteiger partial charge >= 0.3 is 0 Å². The van der Waals surface area contributed by atoms with Gasteiger partial charge in [0.05, 0.1) is 6.34 Å². The molecule has 0 radical (unpaired) electrons. The third-order valence-electron chi connectivity index (χ3n) is 1.64. The average molecular weight is 177 g/mol. The van der Waals surface area contributed by atoms with Crippen molar-refractivity contribution in [1.82, 2.24) is 9.88 Å². The second kappa shape index (κ2) is 4.60. The van der Waals surface area contributed by atoms with Crippen LogP contribution in [0.25, 0.3) is 0 Å². The van der Waals surface area contributed by atoms with Gasteiger partial charge in [-0.1, -0.05) is 13.0 Å². The van der Waals surface area contributed by atoms with Crippen molar-refractivity contribution in [1.29, 1.82) is 0 Å². The molecule has 0 saturated carbocycles. The van der Waals surface area contributed by atoms with Crippen LogP contribution in [0.5, 0.6) is 0 Å². The van der Waals surface area contributed by atoms with Crippen LogP contribution >= 0.6 is 0 Å². The molecular formula is C10H15N3. The van der Waals surface area contributed by atoms with Crippen LogP contribution in [-0.2, 0) is 6.42 Å². The molecule has 13 heavy (non-hydrogen) atoms. The molecule has 0 aliphatic rings. The van der Waals surface area contributed by atoms with Crippen molar-refractivity contribution in [3.05, 3.63) is 23.9 Å². The SMILES string of the molecule is CCc1ccc(N=CN(C)C)nc1. The Morgan fingerprint density at radius 2 is 2.23 bits per heavy atom. The van der Waals surface area contributed by atoms with Crippen LogP contribution in [0.4, 0.5) is 5.82 Å². The molecule has 0 bridgehead atoms. The Morgan fingerprint density at radius 1 is 1.46 bits per heavy atom. The van der Waals surface area contributed by atoms with Crippen molar-refractivity contribution in [3.8, 4) is 0 Å². The summed E-state index contributed by atoms with van der Waals surface area (Å²) < 4.78 is 0.